The molecule has 1 atom stereocenters. The number of ether oxygens (including phenoxy) is 2. The van der Waals surface area contributed by atoms with Crippen molar-refractivity contribution in [3.63, 3.8) is 0 Å². The highest BCUT2D eigenvalue weighted by Crippen LogP contribution is 2.36. The summed E-state index contributed by atoms with van der Waals surface area (Å²) in [6.45, 7) is 2.28. The number of hydrogen-bond acceptors (Lipinski definition) is 6. The Hall–Kier alpha value is -4.83. The van der Waals surface area contributed by atoms with Crippen LogP contribution in [0.5, 0.6) is 11.5 Å². The summed E-state index contributed by atoms with van der Waals surface area (Å²) in [6.07, 6.45) is 4.14. The molecule has 1 aliphatic carbocycles. The second-order valence-electron chi connectivity index (χ2n) is 12.4. The predicted molar refractivity (Wildman–Crippen MR) is 184 cm³/mol. The number of nitrogens with zero attached hydrogens (tertiary/aromatic N) is 2. The van der Waals surface area contributed by atoms with E-state index in [0.29, 0.717) is 24.7 Å². The van der Waals surface area contributed by atoms with E-state index in [9.17, 15) is 18.0 Å². The van der Waals surface area contributed by atoms with Gasteiger partial charge in [-0.25, -0.2) is 8.42 Å². The molecule has 48 heavy (non-hydrogen) atoms. The molecule has 10 heteroatoms. The summed E-state index contributed by atoms with van der Waals surface area (Å²) in [4.78, 5) is 30.5. The van der Waals surface area contributed by atoms with E-state index in [1.807, 2.05) is 61.5 Å². The molecule has 2 aliphatic rings. The Bertz CT molecular complexity index is 1810. The van der Waals surface area contributed by atoms with Crippen LogP contribution >= 0.6 is 0 Å². The van der Waals surface area contributed by atoms with Gasteiger partial charge in [0.15, 0.2) is 11.5 Å². The van der Waals surface area contributed by atoms with Gasteiger partial charge < -0.3 is 19.7 Å². The molecule has 1 fully saturated rings. The van der Waals surface area contributed by atoms with Crippen LogP contribution in [0, 0.1) is 6.92 Å². The van der Waals surface area contributed by atoms with Crippen molar-refractivity contribution in [2.24, 2.45) is 0 Å². The number of sulfonamides is 1. The fraction of sp³-hybridized carbons (Fsp3) is 0.316. The summed E-state index contributed by atoms with van der Waals surface area (Å²) in [5.74, 6) is 0.144. The highest BCUT2D eigenvalue weighted by atomic mass is 32.2. The van der Waals surface area contributed by atoms with Crippen LogP contribution in [0.2, 0.25) is 0 Å². The number of rotatable bonds is 12. The third-order valence-corrected chi connectivity index (χ3v) is 10.7. The lowest BCUT2D eigenvalue weighted by Gasteiger charge is -2.34. The third-order valence-electron chi connectivity index (χ3n) is 8.87. The van der Waals surface area contributed by atoms with Crippen molar-refractivity contribution in [1.29, 1.82) is 0 Å². The van der Waals surface area contributed by atoms with Crippen molar-refractivity contribution in [2.75, 3.05) is 24.1 Å². The topological polar surface area (TPSA) is 105 Å². The van der Waals surface area contributed by atoms with Gasteiger partial charge in [-0.2, -0.15) is 0 Å². The third kappa shape index (κ3) is 7.82. The summed E-state index contributed by atoms with van der Waals surface area (Å²) >= 11 is 0. The second kappa shape index (κ2) is 14.9. The number of carbonyl (C=O) groups excluding carboxylic acids is 2. The quantitative estimate of drug-likeness (QED) is 0.209. The largest absolute Gasteiger partial charge is 0.486 e. The van der Waals surface area contributed by atoms with E-state index < -0.39 is 28.5 Å². The lowest BCUT2D eigenvalue weighted by Crippen LogP contribution is -2.54. The minimum atomic E-state index is -4.22. The van der Waals surface area contributed by atoms with Crippen LogP contribution in [0.1, 0.15) is 42.4 Å². The van der Waals surface area contributed by atoms with Gasteiger partial charge in [-0.3, -0.25) is 13.9 Å². The molecule has 0 saturated heterocycles. The van der Waals surface area contributed by atoms with Gasteiger partial charge in [0.1, 0.15) is 25.8 Å². The van der Waals surface area contributed by atoms with Crippen molar-refractivity contribution in [3.05, 3.63) is 120 Å². The first-order valence-electron chi connectivity index (χ1n) is 16.4. The maximum atomic E-state index is 14.7. The number of fused-ring (bicyclic) bond motifs is 1. The van der Waals surface area contributed by atoms with Gasteiger partial charge in [0.2, 0.25) is 11.8 Å². The molecule has 6 rings (SSSR count). The van der Waals surface area contributed by atoms with Crippen molar-refractivity contribution < 1.29 is 27.5 Å². The van der Waals surface area contributed by atoms with E-state index >= 15 is 0 Å². The summed E-state index contributed by atoms with van der Waals surface area (Å²) in [5.41, 5.74) is 3.04. The van der Waals surface area contributed by atoms with Gasteiger partial charge in [0, 0.05) is 25.1 Å². The van der Waals surface area contributed by atoms with E-state index in [1.165, 1.54) is 17.0 Å². The van der Waals surface area contributed by atoms with Crippen molar-refractivity contribution >= 4 is 27.5 Å². The zero-order valence-corrected chi connectivity index (χ0v) is 27.9. The van der Waals surface area contributed by atoms with Crippen LogP contribution < -0.4 is 19.1 Å². The van der Waals surface area contributed by atoms with Gasteiger partial charge in [-0.15, -0.1) is 0 Å². The molecule has 9 nitrogen and oxygen atoms in total. The lowest BCUT2D eigenvalue weighted by atomic mass is 10.0. The van der Waals surface area contributed by atoms with E-state index in [4.69, 9.17) is 9.47 Å². The Morgan fingerprint density at radius 2 is 1.46 bits per heavy atom. The van der Waals surface area contributed by atoms with Gasteiger partial charge >= 0.3 is 0 Å². The molecule has 1 N–H and O–H groups in total. The Kier molecular flexibility index (Phi) is 10.3. The molecule has 4 aromatic carbocycles. The van der Waals surface area contributed by atoms with Crippen LogP contribution in [0.3, 0.4) is 0 Å². The fourth-order valence-electron chi connectivity index (χ4n) is 6.25. The van der Waals surface area contributed by atoms with E-state index in [0.717, 1.165) is 46.7 Å². The van der Waals surface area contributed by atoms with Crippen molar-refractivity contribution in [1.82, 2.24) is 10.2 Å². The van der Waals surface area contributed by atoms with Gasteiger partial charge in [-0.05, 0) is 55.2 Å². The van der Waals surface area contributed by atoms with Gasteiger partial charge in [-0.1, -0.05) is 91.2 Å². The predicted octanol–water partition coefficient (Wildman–Crippen LogP) is 5.66. The molecule has 250 valence electrons. The number of anilines is 1. The zero-order chi connectivity index (χ0) is 33.5. The summed E-state index contributed by atoms with van der Waals surface area (Å²) in [6, 6.07) is 29.4. The molecule has 0 unspecified atom stereocenters. The Balaban J connectivity index is 1.40. The molecule has 0 spiro atoms. The van der Waals surface area contributed by atoms with E-state index in [1.54, 1.807) is 36.4 Å². The maximum Gasteiger partial charge on any atom is 0.264 e. The van der Waals surface area contributed by atoms with Crippen LogP contribution in [0.4, 0.5) is 5.69 Å². The maximum absolute atomic E-state index is 14.7. The summed E-state index contributed by atoms with van der Waals surface area (Å²) in [5, 5.41) is 3.21. The molecule has 0 aromatic heterocycles. The summed E-state index contributed by atoms with van der Waals surface area (Å²) in [7, 11) is -4.22. The number of hydrogen-bond donors (Lipinski definition) is 1. The first-order chi connectivity index (χ1) is 23.3. The monoisotopic (exact) mass is 667 g/mol. The molecule has 1 aliphatic heterocycles. The van der Waals surface area contributed by atoms with Gasteiger partial charge in [0.05, 0.1) is 10.6 Å². The molecule has 4 aromatic rings. The fourth-order valence-corrected chi connectivity index (χ4v) is 7.67. The highest BCUT2D eigenvalue weighted by molar-refractivity contribution is 7.92. The number of aryl methyl sites for hydroxylation is 1. The highest BCUT2D eigenvalue weighted by Gasteiger charge is 2.36. The van der Waals surface area contributed by atoms with E-state index in [-0.39, 0.29) is 35.5 Å². The molecule has 1 heterocycles. The number of nitrogens with one attached hydrogen (secondary N) is 1. The first kappa shape index (κ1) is 33.1. The molecular weight excluding hydrogens is 627 g/mol. The normalized spacial score (nSPS) is 15.0. The first-order valence-corrected chi connectivity index (χ1v) is 17.9. The molecule has 2 amide bonds. The molecular formula is C38H41N3O6S. The molecule has 0 radical (unpaired) electrons. The summed E-state index contributed by atoms with van der Waals surface area (Å²) < 4.78 is 41.1. The minimum absolute atomic E-state index is 0.0394. The number of amides is 2. The van der Waals surface area contributed by atoms with Crippen LogP contribution in [-0.2, 0) is 32.6 Å². The SMILES string of the molecule is Cc1ccc(CN(C(=O)CN(c2ccc3c(c2)OCCO3)S(=O)(=O)c2ccccc2)[C@H](Cc2ccccc2)C(=O)NC2CCCC2)cc1. The molecule has 0 bridgehead atoms. The Morgan fingerprint density at radius 3 is 2.15 bits per heavy atom. The Morgan fingerprint density at radius 1 is 0.812 bits per heavy atom. The second-order valence-corrected chi connectivity index (χ2v) is 14.2. The van der Waals surface area contributed by atoms with Crippen molar-refractivity contribution in [3.8, 4) is 11.5 Å². The standard InChI is InChI=1S/C38H41N3O6S/c1-28-16-18-30(19-17-28)26-40(34(24-29-10-4-2-5-11-29)38(43)39-31-12-8-9-13-31)37(42)27-41(48(44,45)33-14-6-3-7-15-33)32-20-21-35-36(25-32)47-23-22-46-35/h2-7,10-11,14-21,25,31,34H,8-9,12-13,22-24,26-27H2,1H3,(H,39,43)/t34-/m1/s1. The molecule has 1 saturated carbocycles. The minimum Gasteiger partial charge on any atom is -0.486 e. The van der Waals surface area contributed by atoms with Crippen molar-refractivity contribution in [2.45, 2.75) is 62.6 Å². The lowest BCUT2D eigenvalue weighted by molar-refractivity contribution is -0.140. The average molecular weight is 668 g/mol. The van der Waals surface area contributed by atoms with Crippen LogP contribution in [0.25, 0.3) is 0 Å². The van der Waals surface area contributed by atoms with E-state index in [2.05, 4.69) is 5.32 Å². The number of benzene rings is 4. The van der Waals surface area contributed by atoms with Gasteiger partial charge in [0.25, 0.3) is 10.0 Å². The number of carbonyl (C=O) groups is 2. The van der Waals surface area contributed by atoms with Crippen LogP contribution in [0.15, 0.2) is 108 Å². The average Bonchev–Trinajstić information content (AvgIpc) is 3.63. The van der Waals surface area contributed by atoms with Crippen LogP contribution in [-0.4, -0.2) is 57.0 Å². The smallest absolute Gasteiger partial charge is 0.264 e. The zero-order valence-electron chi connectivity index (χ0n) is 27.1. The Labute approximate surface area is 282 Å².